The highest BCUT2D eigenvalue weighted by molar-refractivity contribution is 5.78. The molecule has 4 nitrogen and oxygen atoms in total. The molecule has 2 aliphatic rings. The van der Waals surface area contributed by atoms with Crippen LogP contribution in [0.2, 0.25) is 0 Å². The lowest BCUT2D eigenvalue weighted by atomic mass is 9.74. The largest absolute Gasteiger partial charge is 0.342 e. The van der Waals surface area contributed by atoms with Crippen molar-refractivity contribution >= 4 is 5.91 Å². The Morgan fingerprint density at radius 1 is 1.09 bits per heavy atom. The van der Waals surface area contributed by atoms with Crippen molar-refractivity contribution in [2.75, 3.05) is 32.7 Å². The van der Waals surface area contributed by atoms with Gasteiger partial charge in [-0.3, -0.25) is 9.69 Å². The fourth-order valence-corrected chi connectivity index (χ4v) is 3.57. The molecule has 2 aliphatic heterocycles. The summed E-state index contributed by atoms with van der Waals surface area (Å²) in [6, 6.07) is 12.6. The molecule has 1 aromatic rings. The molecule has 22 heavy (non-hydrogen) atoms. The Bertz CT molecular complexity index is 549. The lowest BCUT2D eigenvalue weighted by Crippen LogP contribution is -2.46. The molecule has 1 aromatic carbocycles. The number of amides is 1. The molecule has 1 amide bonds. The number of rotatable bonds is 3. The van der Waals surface area contributed by atoms with Gasteiger partial charge >= 0.3 is 0 Å². The first-order chi connectivity index (χ1) is 10.7. The van der Waals surface area contributed by atoms with Crippen LogP contribution < -0.4 is 0 Å². The van der Waals surface area contributed by atoms with Crippen molar-refractivity contribution in [3.8, 4) is 6.07 Å². The molecule has 0 aromatic heterocycles. The molecule has 4 heteroatoms. The van der Waals surface area contributed by atoms with Gasteiger partial charge in [0.15, 0.2) is 0 Å². The molecule has 0 saturated carbocycles. The van der Waals surface area contributed by atoms with Crippen LogP contribution in [0, 0.1) is 11.3 Å². The van der Waals surface area contributed by atoms with E-state index in [2.05, 4.69) is 11.0 Å². The first-order valence-electron chi connectivity index (χ1n) is 8.20. The first kappa shape index (κ1) is 15.1. The van der Waals surface area contributed by atoms with Crippen molar-refractivity contribution in [2.45, 2.75) is 31.1 Å². The van der Waals surface area contributed by atoms with Crippen LogP contribution >= 0.6 is 0 Å². The minimum absolute atomic E-state index is 0.252. The zero-order chi connectivity index (χ0) is 15.4. The van der Waals surface area contributed by atoms with Crippen molar-refractivity contribution in [3.63, 3.8) is 0 Å². The van der Waals surface area contributed by atoms with Crippen LogP contribution in [0.1, 0.15) is 31.2 Å². The lowest BCUT2D eigenvalue weighted by Gasteiger charge is -2.37. The molecule has 0 unspecified atom stereocenters. The van der Waals surface area contributed by atoms with Crippen molar-refractivity contribution in [1.29, 1.82) is 5.26 Å². The Balaban J connectivity index is 1.59. The molecule has 116 valence electrons. The van der Waals surface area contributed by atoms with Crippen LogP contribution in [0.3, 0.4) is 0 Å². The summed E-state index contributed by atoms with van der Waals surface area (Å²) >= 11 is 0. The Morgan fingerprint density at radius 3 is 2.32 bits per heavy atom. The van der Waals surface area contributed by atoms with E-state index in [4.69, 9.17) is 0 Å². The van der Waals surface area contributed by atoms with E-state index in [-0.39, 0.29) is 11.3 Å². The maximum absolute atomic E-state index is 12.2. The van der Waals surface area contributed by atoms with Crippen LogP contribution in [0.25, 0.3) is 0 Å². The van der Waals surface area contributed by atoms with E-state index in [9.17, 15) is 10.1 Å². The average molecular weight is 297 g/mol. The van der Waals surface area contributed by atoms with Gasteiger partial charge in [-0.2, -0.15) is 5.26 Å². The number of nitriles is 1. The number of benzene rings is 1. The highest BCUT2D eigenvalue weighted by Crippen LogP contribution is 2.34. The van der Waals surface area contributed by atoms with Crippen molar-refractivity contribution in [1.82, 2.24) is 9.80 Å². The minimum atomic E-state index is -0.381. The Labute approximate surface area is 132 Å². The average Bonchev–Trinajstić information content (AvgIpc) is 3.11. The number of hydrogen-bond donors (Lipinski definition) is 0. The summed E-state index contributed by atoms with van der Waals surface area (Å²) in [5.41, 5.74) is 0.733. The Hall–Kier alpha value is -1.86. The molecule has 3 rings (SSSR count). The smallest absolute Gasteiger partial charge is 0.236 e. The minimum Gasteiger partial charge on any atom is -0.342 e. The van der Waals surface area contributed by atoms with E-state index >= 15 is 0 Å². The third-order valence-corrected chi connectivity index (χ3v) is 5.07. The predicted octanol–water partition coefficient (Wildman–Crippen LogP) is 2.17. The Kier molecular flexibility index (Phi) is 4.44. The van der Waals surface area contributed by atoms with Crippen LogP contribution in [-0.2, 0) is 10.2 Å². The van der Waals surface area contributed by atoms with Gasteiger partial charge in [-0.1, -0.05) is 30.3 Å². The molecule has 0 atom stereocenters. The van der Waals surface area contributed by atoms with Crippen LogP contribution in [-0.4, -0.2) is 48.4 Å². The second-order valence-electron chi connectivity index (χ2n) is 6.42. The summed E-state index contributed by atoms with van der Waals surface area (Å²) in [6.07, 6.45) is 3.89. The van der Waals surface area contributed by atoms with Crippen molar-refractivity contribution in [2.24, 2.45) is 0 Å². The molecular formula is C18H23N3O. The highest BCUT2D eigenvalue weighted by Gasteiger charge is 2.37. The van der Waals surface area contributed by atoms with Gasteiger partial charge in [-0.15, -0.1) is 0 Å². The summed E-state index contributed by atoms with van der Waals surface area (Å²) in [7, 11) is 0. The van der Waals surface area contributed by atoms with Gasteiger partial charge in [0, 0.05) is 26.2 Å². The molecule has 0 aliphatic carbocycles. The lowest BCUT2D eigenvalue weighted by molar-refractivity contribution is -0.131. The third-order valence-electron chi connectivity index (χ3n) is 5.07. The van der Waals surface area contributed by atoms with Gasteiger partial charge < -0.3 is 4.90 Å². The quantitative estimate of drug-likeness (QED) is 0.859. The van der Waals surface area contributed by atoms with E-state index in [0.29, 0.717) is 6.54 Å². The first-order valence-corrected chi connectivity index (χ1v) is 8.20. The highest BCUT2D eigenvalue weighted by atomic mass is 16.2. The number of carbonyl (C=O) groups is 1. The summed E-state index contributed by atoms with van der Waals surface area (Å²) < 4.78 is 0. The van der Waals surface area contributed by atoms with Gasteiger partial charge in [0.05, 0.1) is 18.0 Å². The molecular weight excluding hydrogens is 274 g/mol. The number of likely N-dealkylation sites (tertiary alicyclic amines) is 2. The fraction of sp³-hybridized carbons (Fsp3) is 0.556. The van der Waals surface area contributed by atoms with Gasteiger partial charge in [0.1, 0.15) is 0 Å². The van der Waals surface area contributed by atoms with Crippen molar-refractivity contribution in [3.05, 3.63) is 35.9 Å². The monoisotopic (exact) mass is 297 g/mol. The van der Waals surface area contributed by atoms with E-state index in [0.717, 1.165) is 57.4 Å². The molecule has 2 fully saturated rings. The summed E-state index contributed by atoms with van der Waals surface area (Å²) in [4.78, 5) is 16.4. The van der Waals surface area contributed by atoms with E-state index in [1.54, 1.807) is 0 Å². The zero-order valence-corrected chi connectivity index (χ0v) is 13.0. The van der Waals surface area contributed by atoms with Crippen molar-refractivity contribution < 1.29 is 4.79 Å². The molecule has 0 bridgehead atoms. The maximum atomic E-state index is 12.2. The van der Waals surface area contributed by atoms with Crippen LogP contribution in [0.5, 0.6) is 0 Å². The number of carbonyl (C=O) groups excluding carboxylic acids is 1. The Morgan fingerprint density at radius 2 is 1.73 bits per heavy atom. The van der Waals surface area contributed by atoms with Crippen LogP contribution in [0.4, 0.5) is 0 Å². The molecule has 0 spiro atoms. The van der Waals surface area contributed by atoms with E-state index in [1.807, 2.05) is 35.2 Å². The molecule has 2 saturated heterocycles. The fourth-order valence-electron chi connectivity index (χ4n) is 3.57. The van der Waals surface area contributed by atoms with E-state index in [1.165, 1.54) is 0 Å². The van der Waals surface area contributed by atoms with E-state index < -0.39 is 0 Å². The summed E-state index contributed by atoms with van der Waals surface area (Å²) in [5.74, 6) is 0.252. The van der Waals surface area contributed by atoms with Crippen LogP contribution in [0.15, 0.2) is 30.3 Å². The number of hydrogen-bond acceptors (Lipinski definition) is 3. The van der Waals surface area contributed by atoms with Gasteiger partial charge in [-0.25, -0.2) is 0 Å². The topological polar surface area (TPSA) is 47.3 Å². The number of nitrogens with zero attached hydrogens (tertiary/aromatic N) is 3. The molecule has 2 heterocycles. The third kappa shape index (κ3) is 3.00. The molecule has 0 N–H and O–H groups in total. The normalized spacial score (nSPS) is 21.5. The molecule has 0 radical (unpaired) electrons. The van der Waals surface area contributed by atoms with Gasteiger partial charge in [0.25, 0.3) is 0 Å². The summed E-state index contributed by atoms with van der Waals surface area (Å²) in [5, 5.41) is 9.69. The maximum Gasteiger partial charge on any atom is 0.236 e. The summed E-state index contributed by atoms with van der Waals surface area (Å²) in [6.45, 7) is 3.98. The second-order valence-corrected chi connectivity index (χ2v) is 6.42. The second kappa shape index (κ2) is 6.50. The SMILES string of the molecule is N#CC1(c2ccccc2)CCN(CC(=O)N2CCCC2)CC1. The standard InChI is InChI=1S/C18H23N3O/c19-15-18(16-6-2-1-3-7-16)8-12-20(13-9-18)14-17(22)21-10-4-5-11-21/h1-3,6-7H,4-5,8-14H2. The zero-order valence-electron chi connectivity index (χ0n) is 13.0. The number of piperidine rings is 1. The predicted molar refractivity (Wildman–Crippen MR) is 85.2 cm³/mol. The van der Waals surface area contributed by atoms with Gasteiger partial charge in [-0.05, 0) is 31.2 Å². The van der Waals surface area contributed by atoms with Gasteiger partial charge in [0.2, 0.25) is 5.91 Å².